The van der Waals surface area contributed by atoms with Gasteiger partial charge < -0.3 is 4.90 Å². The molecule has 0 fully saturated rings. The van der Waals surface area contributed by atoms with Gasteiger partial charge in [-0.05, 0) is 43.5 Å². The van der Waals surface area contributed by atoms with Crippen molar-refractivity contribution in [3.63, 3.8) is 0 Å². The molecule has 0 N–H and O–H groups in total. The summed E-state index contributed by atoms with van der Waals surface area (Å²) in [6.45, 7) is 13.0. The van der Waals surface area contributed by atoms with E-state index in [-0.39, 0.29) is 0 Å². The lowest BCUT2D eigenvalue weighted by atomic mass is 9.97. The van der Waals surface area contributed by atoms with Crippen LogP contribution in [0.25, 0.3) is 0 Å². The smallest absolute Gasteiger partial charge is 0.00199 e. The second-order valence-corrected chi connectivity index (χ2v) is 5.56. The Kier molecular flexibility index (Phi) is 10.7. The van der Waals surface area contributed by atoms with Crippen molar-refractivity contribution < 1.29 is 0 Å². The first-order chi connectivity index (χ1) is 7.65. The van der Waals surface area contributed by atoms with E-state index in [0.29, 0.717) is 0 Å². The first-order valence-electron chi connectivity index (χ1n) is 6.98. The van der Waals surface area contributed by atoms with Crippen LogP contribution in [0.15, 0.2) is 0 Å². The predicted molar refractivity (Wildman–Crippen MR) is 78.4 cm³/mol. The van der Waals surface area contributed by atoms with Crippen LogP contribution >= 0.6 is 12.6 Å². The van der Waals surface area contributed by atoms with E-state index >= 15 is 0 Å². The molecule has 0 bridgehead atoms. The fourth-order valence-electron chi connectivity index (χ4n) is 1.87. The van der Waals surface area contributed by atoms with Gasteiger partial charge in [0.2, 0.25) is 0 Å². The molecule has 1 unspecified atom stereocenters. The van der Waals surface area contributed by atoms with E-state index in [0.717, 1.165) is 17.6 Å². The standard InChI is InChI=1S/C14H31NS/c1-5-7-9-15(10-8-6-2)11-14(12-16)13(3)4/h13-14,16H,5-12H2,1-4H3. The van der Waals surface area contributed by atoms with Gasteiger partial charge in [0.1, 0.15) is 0 Å². The Balaban J connectivity index is 4.04. The molecule has 0 aromatic rings. The lowest BCUT2D eigenvalue weighted by molar-refractivity contribution is 0.208. The van der Waals surface area contributed by atoms with Crippen LogP contribution in [0, 0.1) is 11.8 Å². The largest absolute Gasteiger partial charge is 0.303 e. The minimum atomic E-state index is 0.747. The summed E-state index contributed by atoms with van der Waals surface area (Å²) in [5.74, 6) is 2.52. The van der Waals surface area contributed by atoms with Crippen LogP contribution in [-0.4, -0.2) is 30.3 Å². The van der Waals surface area contributed by atoms with E-state index in [1.54, 1.807) is 0 Å². The van der Waals surface area contributed by atoms with E-state index in [4.69, 9.17) is 0 Å². The van der Waals surface area contributed by atoms with Gasteiger partial charge in [0.25, 0.3) is 0 Å². The monoisotopic (exact) mass is 245 g/mol. The molecule has 0 rings (SSSR count). The number of hydrogen-bond acceptors (Lipinski definition) is 2. The average Bonchev–Trinajstić information content (AvgIpc) is 2.27. The summed E-state index contributed by atoms with van der Waals surface area (Å²) in [6, 6.07) is 0. The summed E-state index contributed by atoms with van der Waals surface area (Å²) in [5, 5.41) is 0. The summed E-state index contributed by atoms with van der Waals surface area (Å²) >= 11 is 4.48. The zero-order valence-electron chi connectivity index (χ0n) is 11.7. The van der Waals surface area contributed by atoms with Crippen molar-refractivity contribution in [3.05, 3.63) is 0 Å². The minimum Gasteiger partial charge on any atom is -0.303 e. The van der Waals surface area contributed by atoms with Crippen LogP contribution in [0.3, 0.4) is 0 Å². The summed E-state index contributed by atoms with van der Waals surface area (Å²) in [5.41, 5.74) is 0. The highest BCUT2D eigenvalue weighted by atomic mass is 32.1. The molecule has 16 heavy (non-hydrogen) atoms. The van der Waals surface area contributed by atoms with Crippen molar-refractivity contribution >= 4 is 12.6 Å². The third kappa shape index (κ3) is 7.56. The fraction of sp³-hybridized carbons (Fsp3) is 1.00. The molecule has 0 amide bonds. The van der Waals surface area contributed by atoms with Gasteiger partial charge in [-0.3, -0.25) is 0 Å². The Hall–Kier alpha value is 0.310. The average molecular weight is 245 g/mol. The molecule has 0 saturated heterocycles. The maximum atomic E-state index is 4.48. The number of unbranched alkanes of at least 4 members (excludes halogenated alkanes) is 2. The number of thiol groups is 1. The zero-order chi connectivity index (χ0) is 12.4. The van der Waals surface area contributed by atoms with Crippen LogP contribution in [-0.2, 0) is 0 Å². The molecule has 2 heteroatoms. The summed E-state index contributed by atoms with van der Waals surface area (Å²) < 4.78 is 0. The maximum absolute atomic E-state index is 4.48. The Morgan fingerprint density at radius 3 is 1.81 bits per heavy atom. The summed E-state index contributed by atoms with van der Waals surface area (Å²) in [6.07, 6.45) is 5.27. The van der Waals surface area contributed by atoms with Crippen molar-refractivity contribution in [2.75, 3.05) is 25.4 Å². The van der Waals surface area contributed by atoms with Crippen molar-refractivity contribution in [1.82, 2.24) is 4.90 Å². The Morgan fingerprint density at radius 1 is 1.00 bits per heavy atom. The van der Waals surface area contributed by atoms with Crippen LogP contribution < -0.4 is 0 Å². The topological polar surface area (TPSA) is 3.24 Å². The Morgan fingerprint density at radius 2 is 1.50 bits per heavy atom. The van der Waals surface area contributed by atoms with Crippen molar-refractivity contribution in [2.24, 2.45) is 11.8 Å². The minimum absolute atomic E-state index is 0.747. The van der Waals surface area contributed by atoms with Crippen molar-refractivity contribution in [1.29, 1.82) is 0 Å². The predicted octanol–water partition coefficient (Wildman–Crippen LogP) is 4.09. The van der Waals surface area contributed by atoms with Gasteiger partial charge in [0, 0.05) is 6.54 Å². The van der Waals surface area contributed by atoms with Crippen molar-refractivity contribution in [2.45, 2.75) is 53.4 Å². The molecule has 0 aliphatic heterocycles. The Labute approximate surface area is 108 Å². The first-order valence-corrected chi connectivity index (χ1v) is 7.62. The lowest BCUT2D eigenvalue weighted by Gasteiger charge is -2.28. The molecular formula is C14H31NS. The van der Waals surface area contributed by atoms with Gasteiger partial charge in [0.15, 0.2) is 0 Å². The molecule has 0 heterocycles. The number of rotatable bonds is 10. The third-order valence-corrected chi connectivity index (χ3v) is 3.79. The van der Waals surface area contributed by atoms with E-state index in [1.165, 1.54) is 45.3 Å². The highest BCUT2D eigenvalue weighted by molar-refractivity contribution is 7.80. The Bertz CT molecular complexity index is 140. The van der Waals surface area contributed by atoms with Crippen LogP contribution in [0.2, 0.25) is 0 Å². The molecule has 0 spiro atoms. The second kappa shape index (κ2) is 10.5. The van der Waals surface area contributed by atoms with Gasteiger partial charge in [-0.25, -0.2) is 0 Å². The van der Waals surface area contributed by atoms with Gasteiger partial charge >= 0.3 is 0 Å². The third-order valence-electron chi connectivity index (χ3n) is 3.33. The van der Waals surface area contributed by atoms with Crippen LogP contribution in [0.5, 0.6) is 0 Å². The van der Waals surface area contributed by atoms with Gasteiger partial charge in [-0.2, -0.15) is 12.6 Å². The molecular weight excluding hydrogens is 214 g/mol. The van der Waals surface area contributed by atoms with E-state index in [9.17, 15) is 0 Å². The quantitative estimate of drug-likeness (QED) is 0.567. The van der Waals surface area contributed by atoms with Gasteiger partial charge in [0.05, 0.1) is 0 Å². The molecule has 0 aliphatic rings. The molecule has 1 atom stereocenters. The highest BCUT2D eigenvalue weighted by Gasteiger charge is 2.15. The first kappa shape index (κ1) is 16.3. The lowest BCUT2D eigenvalue weighted by Crippen LogP contribution is -2.34. The molecule has 0 aromatic carbocycles. The maximum Gasteiger partial charge on any atom is 0.00199 e. The van der Waals surface area contributed by atoms with Gasteiger partial charge in [-0.15, -0.1) is 0 Å². The fourth-order valence-corrected chi connectivity index (χ4v) is 2.41. The summed E-state index contributed by atoms with van der Waals surface area (Å²) in [7, 11) is 0. The number of nitrogens with zero attached hydrogens (tertiary/aromatic N) is 1. The highest BCUT2D eigenvalue weighted by Crippen LogP contribution is 2.15. The molecule has 0 radical (unpaired) electrons. The molecule has 98 valence electrons. The second-order valence-electron chi connectivity index (χ2n) is 5.19. The van der Waals surface area contributed by atoms with E-state index in [1.807, 2.05) is 0 Å². The molecule has 1 nitrogen and oxygen atoms in total. The molecule has 0 aromatic heterocycles. The molecule has 0 saturated carbocycles. The zero-order valence-corrected chi connectivity index (χ0v) is 12.6. The van der Waals surface area contributed by atoms with Gasteiger partial charge in [-0.1, -0.05) is 40.5 Å². The van der Waals surface area contributed by atoms with Crippen molar-refractivity contribution in [3.8, 4) is 0 Å². The normalized spacial score (nSPS) is 13.7. The van der Waals surface area contributed by atoms with E-state index < -0.39 is 0 Å². The SMILES string of the molecule is CCCCN(CCCC)CC(CS)C(C)C. The number of hydrogen-bond donors (Lipinski definition) is 1. The van der Waals surface area contributed by atoms with Crippen LogP contribution in [0.4, 0.5) is 0 Å². The molecule has 0 aliphatic carbocycles. The van der Waals surface area contributed by atoms with Crippen LogP contribution in [0.1, 0.15) is 53.4 Å². The van der Waals surface area contributed by atoms with E-state index in [2.05, 4.69) is 45.2 Å². The summed E-state index contributed by atoms with van der Waals surface area (Å²) in [4.78, 5) is 2.65.